The fraction of sp³-hybridized carbons (Fsp3) is 0.385. The van der Waals surface area contributed by atoms with E-state index in [1.165, 1.54) is 6.07 Å². The van der Waals surface area contributed by atoms with Crippen LogP contribution in [0.25, 0.3) is 0 Å². The van der Waals surface area contributed by atoms with E-state index in [9.17, 15) is 9.18 Å². The molecule has 0 radical (unpaired) electrons. The van der Waals surface area contributed by atoms with Gasteiger partial charge in [0.25, 0.3) is 0 Å². The minimum absolute atomic E-state index is 0.0533. The summed E-state index contributed by atoms with van der Waals surface area (Å²) in [5.41, 5.74) is 0.718. The quantitative estimate of drug-likeness (QED) is 0.886. The molecule has 0 aromatic heterocycles. The highest BCUT2D eigenvalue weighted by molar-refractivity contribution is 5.70. The second-order valence-electron chi connectivity index (χ2n) is 4.57. The Labute approximate surface area is 104 Å². The first-order chi connectivity index (χ1) is 8.52. The van der Waals surface area contributed by atoms with E-state index in [1.807, 2.05) is 6.07 Å². The summed E-state index contributed by atoms with van der Waals surface area (Å²) in [6.45, 7) is 2.74. The molecule has 0 spiro atoms. The number of anilines is 1. The predicted octanol–water partition coefficient (Wildman–Crippen LogP) is 1.85. The van der Waals surface area contributed by atoms with Gasteiger partial charge < -0.3 is 10.0 Å². The number of carboxylic acid groups (broad SMARTS) is 1. The lowest BCUT2D eigenvalue weighted by molar-refractivity contribution is -0.143. The molecule has 1 aromatic carbocycles. The van der Waals surface area contributed by atoms with Crippen LogP contribution in [0.4, 0.5) is 10.1 Å². The van der Waals surface area contributed by atoms with Gasteiger partial charge in [-0.05, 0) is 18.2 Å². The molecule has 1 heterocycles. The second kappa shape index (κ2) is 4.65. The Bertz CT molecular complexity index is 518. The third-order valence-corrected chi connectivity index (χ3v) is 3.42. The standard InChI is InChI=1S/C13H13FN2O2/c1-8(13(17)18)10-6-16(7-10)12-3-2-9(5-15)4-11(12)14/h2-4,8,10H,6-7H2,1H3,(H,17,18). The summed E-state index contributed by atoms with van der Waals surface area (Å²) in [5, 5.41) is 17.5. The van der Waals surface area contributed by atoms with Crippen LogP contribution in [-0.4, -0.2) is 24.2 Å². The molecule has 0 aliphatic carbocycles. The van der Waals surface area contributed by atoms with E-state index >= 15 is 0 Å². The van der Waals surface area contributed by atoms with Gasteiger partial charge in [-0.25, -0.2) is 4.39 Å². The van der Waals surface area contributed by atoms with Crippen LogP contribution < -0.4 is 4.90 Å². The molecule has 0 amide bonds. The molecule has 0 bridgehead atoms. The number of benzene rings is 1. The molecule has 1 aliphatic heterocycles. The molecule has 0 saturated carbocycles. The fourth-order valence-corrected chi connectivity index (χ4v) is 2.06. The second-order valence-corrected chi connectivity index (χ2v) is 4.57. The molecule has 1 unspecified atom stereocenters. The first kappa shape index (κ1) is 12.4. The number of carbonyl (C=O) groups is 1. The molecule has 1 N–H and O–H groups in total. The van der Waals surface area contributed by atoms with Gasteiger partial charge in [0, 0.05) is 19.0 Å². The van der Waals surface area contributed by atoms with Crippen LogP contribution in [0.5, 0.6) is 0 Å². The maximum absolute atomic E-state index is 13.7. The summed E-state index contributed by atoms with van der Waals surface area (Å²) in [6, 6.07) is 6.20. The lowest BCUT2D eigenvalue weighted by Gasteiger charge is -2.43. The van der Waals surface area contributed by atoms with Gasteiger partial charge in [-0.2, -0.15) is 5.26 Å². The van der Waals surface area contributed by atoms with Crippen molar-refractivity contribution in [2.75, 3.05) is 18.0 Å². The zero-order valence-electron chi connectivity index (χ0n) is 9.93. The number of nitriles is 1. The molecule has 1 aliphatic rings. The Balaban J connectivity index is 2.05. The highest BCUT2D eigenvalue weighted by atomic mass is 19.1. The highest BCUT2D eigenvalue weighted by Gasteiger charge is 2.35. The Morgan fingerprint density at radius 1 is 1.61 bits per heavy atom. The van der Waals surface area contributed by atoms with Crippen molar-refractivity contribution in [1.82, 2.24) is 0 Å². The molecule has 5 heteroatoms. The van der Waals surface area contributed by atoms with Crippen molar-refractivity contribution in [3.05, 3.63) is 29.6 Å². The number of hydrogen-bond acceptors (Lipinski definition) is 3. The summed E-state index contributed by atoms with van der Waals surface area (Å²) >= 11 is 0. The zero-order valence-corrected chi connectivity index (χ0v) is 9.93. The molecule has 1 fully saturated rings. The maximum atomic E-state index is 13.7. The van der Waals surface area contributed by atoms with Crippen molar-refractivity contribution in [2.45, 2.75) is 6.92 Å². The molecule has 4 nitrogen and oxygen atoms in total. The topological polar surface area (TPSA) is 64.3 Å². The van der Waals surface area contributed by atoms with Crippen molar-refractivity contribution in [1.29, 1.82) is 5.26 Å². The van der Waals surface area contributed by atoms with Crippen LogP contribution in [0.1, 0.15) is 12.5 Å². The zero-order chi connectivity index (χ0) is 13.3. The first-order valence-electron chi connectivity index (χ1n) is 5.70. The fourth-order valence-electron chi connectivity index (χ4n) is 2.06. The minimum atomic E-state index is -0.819. The van der Waals surface area contributed by atoms with Crippen molar-refractivity contribution >= 4 is 11.7 Å². The largest absolute Gasteiger partial charge is 0.481 e. The number of nitrogens with zero attached hydrogens (tertiary/aromatic N) is 2. The van der Waals surface area contributed by atoms with E-state index in [0.717, 1.165) is 0 Å². The monoisotopic (exact) mass is 248 g/mol. The third-order valence-electron chi connectivity index (χ3n) is 3.42. The average Bonchev–Trinajstić information content (AvgIpc) is 2.28. The van der Waals surface area contributed by atoms with Gasteiger partial charge in [0.1, 0.15) is 5.82 Å². The molecule has 1 atom stereocenters. The summed E-state index contributed by atoms with van der Waals surface area (Å²) < 4.78 is 13.7. The van der Waals surface area contributed by atoms with E-state index in [1.54, 1.807) is 24.0 Å². The molecule has 1 saturated heterocycles. The van der Waals surface area contributed by atoms with Gasteiger partial charge in [-0.3, -0.25) is 4.79 Å². The third kappa shape index (κ3) is 2.14. The number of carboxylic acids is 1. The number of rotatable bonds is 3. The van der Waals surface area contributed by atoms with Crippen molar-refractivity contribution in [3.63, 3.8) is 0 Å². The van der Waals surface area contributed by atoms with Gasteiger partial charge in [-0.15, -0.1) is 0 Å². The van der Waals surface area contributed by atoms with Crippen LogP contribution in [-0.2, 0) is 4.79 Å². The number of hydrogen-bond donors (Lipinski definition) is 1. The van der Waals surface area contributed by atoms with Crippen molar-refractivity contribution in [3.8, 4) is 6.07 Å². The number of halogens is 1. The first-order valence-corrected chi connectivity index (χ1v) is 5.70. The number of aliphatic carboxylic acids is 1. The molecular formula is C13H13FN2O2. The van der Waals surface area contributed by atoms with Gasteiger partial charge >= 0.3 is 5.97 Å². The van der Waals surface area contributed by atoms with Crippen molar-refractivity contribution in [2.24, 2.45) is 11.8 Å². The van der Waals surface area contributed by atoms with E-state index in [-0.39, 0.29) is 11.5 Å². The van der Waals surface area contributed by atoms with Crippen LogP contribution >= 0.6 is 0 Å². The highest BCUT2D eigenvalue weighted by Crippen LogP contribution is 2.31. The van der Waals surface area contributed by atoms with Crippen LogP contribution in [0, 0.1) is 29.0 Å². The Kier molecular flexibility index (Phi) is 3.19. The minimum Gasteiger partial charge on any atom is -0.481 e. The molecule has 18 heavy (non-hydrogen) atoms. The van der Waals surface area contributed by atoms with Crippen LogP contribution in [0.15, 0.2) is 18.2 Å². The normalized spacial score (nSPS) is 16.8. The SMILES string of the molecule is CC(C(=O)O)C1CN(c2ccc(C#N)cc2F)C1. The summed E-state index contributed by atoms with van der Waals surface area (Å²) in [5.74, 6) is -1.62. The smallest absolute Gasteiger partial charge is 0.306 e. The summed E-state index contributed by atoms with van der Waals surface area (Å²) in [6.07, 6.45) is 0. The van der Waals surface area contributed by atoms with Crippen LogP contribution in [0.3, 0.4) is 0 Å². The molecule has 1 aromatic rings. The molecular weight excluding hydrogens is 235 g/mol. The van der Waals surface area contributed by atoms with Gasteiger partial charge in [0.05, 0.1) is 23.2 Å². The molecule has 2 rings (SSSR count). The van der Waals surface area contributed by atoms with Gasteiger partial charge in [-0.1, -0.05) is 6.92 Å². The van der Waals surface area contributed by atoms with E-state index in [2.05, 4.69) is 0 Å². The van der Waals surface area contributed by atoms with Gasteiger partial charge in [0.2, 0.25) is 0 Å². The van der Waals surface area contributed by atoms with Crippen LogP contribution in [0.2, 0.25) is 0 Å². The lowest BCUT2D eigenvalue weighted by Crippen LogP contribution is -2.51. The maximum Gasteiger partial charge on any atom is 0.306 e. The Hall–Kier alpha value is -2.09. The van der Waals surface area contributed by atoms with E-state index in [0.29, 0.717) is 18.8 Å². The van der Waals surface area contributed by atoms with Crippen molar-refractivity contribution < 1.29 is 14.3 Å². The van der Waals surface area contributed by atoms with E-state index < -0.39 is 17.7 Å². The lowest BCUT2D eigenvalue weighted by atomic mass is 9.86. The Morgan fingerprint density at radius 3 is 2.78 bits per heavy atom. The van der Waals surface area contributed by atoms with Gasteiger partial charge in [0.15, 0.2) is 0 Å². The molecule has 94 valence electrons. The summed E-state index contributed by atoms with van der Waals surface area (Å²) in [7, 11) is 0. The average molecular weight is 248 g/mol. The summed E-state index contributed by atoms with van der Waals surface area (Å²) in [4.78, 5) is 12.6. The Morgan fingerprint density at radius 2 is 2.28 bits per heavy atom. The predicted molar refractivity (Wildman–Crippen MR) is 63.6 cm³/mol. The van der Waals surface area contributed by atoms with E-state index in [4.69, 9.17) is 10.4 Å².